The highest BCUT2D eigenvalue weighted by Gasteiger charge is 2.16. The first kappa shape index (κ1) is 21.8. The van der Waals surface area contributed by atoms with Crippen molar-refractivity contribution in [3.05, 3.63) is 75.8 Å². The number of non-ortho nitro benzene ring substituents is 1. The first-order valence-electron chi connectivity index (χ1n) is 8.26. The summed E-state index contributed by atoms with van der Waals surface area (Å²) in [6.45, 7) is 5.52. The highest BCUT2D eigenvalue weighted by atomic mass is 16.6. The minimum atomic E-state index is -0.512. The van der Waals surface area contributed by atoms with Crippen molar-refractivity contribution in [3.63, 3.8) is 0 Å². The number of hydrogen-bond donors (Lipinski definition) is 0. The monoisotopic (exact) mass is 372 g/mol. The summed E-state index contributed by atoms with van der Waals surface area (Å²) in [6, 6.07) is 14.4. The summed E-state index contributed by atoms with van der Waals surface area (Å²) in [5, 5.41) is 10.6. The van der Waals surface area contributed by atoms with Crippen molar-refractivity contribution < 1.29 is 19.2 Å². The number of nitrogens with zero attached hydrogens (tertiary/aromatic N) is 2. The van der Waals surface area contributed by atoms with Crippen molar-refractivity contribution in [2.45, 2.75) is 26.4 Å². The molecule has 0 fully saturated rings. The van der Waals surface area contributed by atoms with Crippen molar-refractivity contribution in [1.29, 1.82) is 0 Å². The summed E-state index contributed by atoms with van der Waals surface area (Å²) >= 11 is 0. The minimum Gasteiger partial charge on any atom is -0.444 e. The maximum Gasteiger partial charge on any atom is 0.409 e. The van der Waals surface area contributed by atoms with Gasteiger partial charge >= 0.3 is 6.09 Å². The van der Waals surface area contributed by atoms with Crippen LogP contribution in [0.25, 0.3) is 0 Å². The zero-order valence-corrected chi connectivity index (χ0v) is 16.1. The van der Waals surface area contributed by atoms with E-state index < -0.39 is 4.92 Å². The first-order chi connectivity index (χ1) is 12.5. The Morgan fingerprint density at radius 1 is 0.963 bits per heavy atom. The van der Waals surface area contributed by atoms with E-state index in [0.29, 0.717) is 11.1 Å². The van der Waals surface area contributed by atoms with E-state index in [1.165, 1.54) is 23.1 Å². The number of ketones is 1. The largest absolute Gasteiger partial charge is 0.444 e. The van der Waals surface area contributed by atoms with Gasteiger partial charge in [-0.3, -0.25) is 14.9 Å². The van der Waals surface area contributed by atoms with Crippen LogP contribution in [-0.4, -0.2) is 41.4 Å². The molecule has 0 saturated heterocycles. The standard InChI is InChI=1S/C13H9NO3.C7H15NO2/c15-13(10-5-2-1-3-6-10)11-7-4-8-12(9-11)14(16)17;1-7(2,3)10-6(9)8(4)5/h1-9H;1-5H3. The Labute approximate surface area is 158 Å². The zero-order chi connectivity index (χ0) is 20.6. The summed E-state index contributed by atoms with van der Waals surface area (Å²) < 4.78 is 4.99. The molecule has 0 heterocycles. The Bertz CT molecular complexity index is 796. The molecule has 0 spiro atoms. The van der Waals surface area contributed by atoms with E-state index in [-0.39, 0.29) is 23.2 Å². The lowest BCUT2D eigenvalue weighted by molar-refractivity contribution is -0.384. The molecular weight excluding hydrogens is 348 g/mol. The number of hydrogen-bond acceptors (Lipinski definition) is 5. The molecule has 27 heavy (non-hydrogen) atoms. The number of benzene rings is 2. The van der Waals surface area contributed by atoms with E-state index in [1.54, 1.807) is 44.4 Å². The van der Waals surface area contributed by atoms with Gasteiger partial charge in [0.2, 0.25) is 0 Å². The molecule has 7 heteroatoms. The number of nitro groups is 1. The molecule has 2 aromatic carbocycles. The van der Waals surface area contributed by atoms with Crippen LogP contribution in [0.1, 0.15) is 36.7 Å². The number of nitro benzene ring substituents is 1. The predicted octanol–water partition coefficient (Wildman–Crippen LogP) is 4.31. The molecule has 0 saturated carbocycles. The van der Waals surface area contributed by atoms with Crippen LogP contribution < -0.4 is 0 Å². The van der Waals surface area contributed by atoms with Crippen LogP contribution >= 0.6 is 0 Å². The molecule has 0 aliphatic rings. The molecule has 0 aliphatic heterocycles. The molecular formula is C20H24N2O5. The molecule has 2 aromatic rings. The Kier molecular flexibility index (Phi) is 7.65. The number of carbonyl (C=O) groups excluding carboxylic acids is 2. The topological polar surface area (TPSA) is 89.8 Å². The fraction of sp³-hybridized carbons (Fsp3) is 0.300. The third-order valence-electron chi connectivity index (χ3n) is 3.11. The molecule has 144 valence electrons. The van der Waals surface area contributed by atoms with Crippen molar-refractivity contribution in [2.24, 2.45) is 0 Å². The summed E-state index contributed by atoms with van der Waals surface area (Å²) in [6.07, 6.45) is -0.299. The Hall–Kier alpha value is -3.22. The van der Waals surface area contributed by atoms with Crippen LogP contribution in [0, 0.1) is 10.1 Å². The molecule has 0 radical (unpaired) electrons. The van der Waals surface area contributed by atoms with Gasteiger partial charge in [-0.15, -0.1) is 0 Å². The molecule has 0 bridgehead atoms. The number of ether oxygens (including phenoxy) is 1. The summed E-state index contributed by atoms with van der Waals surface area (Å²) in [5.41, 5.74) is 0.381. The van der Waals surface area contributed by atoms with Gasteiger partial charge in [0.15, 0.2) is 5.78 Å². The lowest BCUT2D eigenvalue weighted by Gasteiger charge is -2.22. The minimum absolute atomic E-state index is 0.0771. The van der Waals surface area contributed by atoms with Crippen molar-refractivity contribution in [2.75, 3.05) is 14.1 Å². The van der Waals surface area contributed by atoms with Gasteiger partial charge in [0.1, 0.15) is 5.60 Å². The molecule has 0 atom stereocenters. The van der Waals surface area contributed by atoms with Crippen LogP contribution in [-0.2, 0) is 4.74 Å². The van der Waals surface area contributed by atoms with Gasteiger partial charge < -0.3 is 9.64 Å². The molecule has 0 unspecified atom stereocenters. The lowest BCUT2D eigenvalue weighted by Crippen LogP contribution is -2.31. The van der Waals surface area contributed by atoms with Gasteiger partial charge in [0.25, 0.3) is 5.69 Å². The van der Waals surface area contributed by atoms with Crippen LogP contribution in [0.3, 0.4) is 0 Å². The maximum absolute atomic E-state index is 12.0. The summed E-state index contributed by atoms with van der Waals surface area (Å²) in [7, 11) is 3.32. The molecule has 0 N–H and O–H groups in total. The van der Waals surface area contributed by atoms with Crippen LogP contribution in [0.15, 0.2) is 54.6 Å². The molecule has 2 rings (SSSR count). The predicted molar refractivity (Wildman–Crippen MR) is 103 cm³/mol. The first-order valence-corrected chi connectivity index (χ1v) is 8.26. The van der Waals surface area contributed by atoms with E-state index in [2.05, 4.69) is 0 Å². The van der Waals surface area contributed by atoms with Gasteiger partial charge in [0.05, 0.1) is 4.92 Å². The fourth-order valence-electron chi connectivity index (χ4n) is 1.87. The lowest BCUT2D eigenvalue weighted by atomic mass is 10.0. The van der Waals surface area contributed by atoms with E-state index >= 15 is 0 Å². The number of carbonyl (C=O) groups is 2. The quantitative estimate of drug-likeness (QED) is 0.455. The zero-order valence-electron chi connectivity index (χ0n) is 16.1. The number of rotatable bonds is 3. The molecule has 7 nitrogen and oxygen atoms in total. The van der Waals surface area contributed by atoms with E-state index in [0.717, 1.165) is 0 Å². The number of amides is 1. The smallest absolute Gasteiger partial charge is 0.409 e. The Morgan fingerprint density at radius 2 is 1.52 bits per heavy atom. The third-order valence-corrected chi connectivity index (χ3v) is 3.11. The van der Waals surface area contributed by atoms with Crippen LogP contribution in [0.2, 0.25) is 0 Å². The average molecular weight is 372 g/mol. The van der Waals surface area contributed by atoms with Gasteiger partial charge in [-0.05, 0) is 20.8 Å². The Balaban J connectivity index is 0.000000314. The van der Waals surface area contributed by atoms with Gasteiger partial charge in [-0.1, -0.05) is 42.5 Å². The van der Waals surface area contributed by atoms with Crippen LogP contribution in [0.5, 0.6) is 0 Å². The van der Waals surface area contributed by atoms with Crippen molar-refractivity contribution in [3.8, 4) is 0 Å². The van der Waals surface area contributed by atoms with Gasteiger partial charge in [-0.25, -0.2) is 4.79 Å². The van der Waals surface area contributed by atoms with Gasteiger partial charge in [0, 0.05) is 37.4 Å². The SMILES string of the molecule is CN(C)C(=O)OC(C)(C)C.O=C(c1ccccc1)c1cccc([N+](=O)[O-])c1. The normalized spacial score (nSPS) is 10.3. The van der Waals surface area contributed by atoms with E-state index in [1.807, 2.05) is 26.8 Å². The molecule has 0 aromatic heterocycles. The summed E-state index contributed by atoms with van der Waals surface area (Å²) in [5.74, 6) is -0.214. The van der Waals surface area contributed by atoms with Crippen molar-refractivity contribution in [1.82, 2.24) is 4.90 Å². The fourth-order valence-corrected chi connectivity index (χ4v) is 1.87. The van der Waals surface area contributed by atoms with Crippen LogP contribution in [0.4, 0.5) is 10.5 Å². The van der Waals surface area contributed by atoms with E-state index in [9.17, 15) is 19.7 Å². The summed E-state index contributed by atoms with van der Waals surface area (Å²) in [4.78, 5) is 34.4. The highest BCUT2D eigenvalue weighted by molar-refractivity contribution is 6.09. The highest BCUT2D eigenvalue weighted by Crippen LogP contribution is 2.16. The van der Waals surface area contributed by atoms with E-state index in [4.69, 9.17) is 4.74 Å². The molecule has 1 amide bonds. The Morgan fingerprint density at radius 3 is 1.96 bits per heavy atom. The second kappa shape index (κ2) is 9.47. The third kappa shape index (κ3) is 7.68. The molecule has 0 aliphatic carbocycles. The average Bonchev–Trinajstić information content (AvgIpc) is 2.61. The van der Waals surface area contributed by atoms with Gasteiger partial charge in [-0.2, -0.15) is 0 Å². The second-order valence-corrected chi connectivity index (χ2v) is 6.88. The van der Waals surface area contributed by atoms with Crippen molar-refractivity contribution >= 4 is 17.6 Å². The maximum atomic E-state index is 12.0. The second-order valence-electron chi connectivity index (χ2n) is 6.88.